The van der Waals surface area contributed by atoms with Crippen molar-refractivity contribution >= 4 is 30.5 Å². The van der Waals surface area contributed by atoms with Gasteiger partial charge in [-0.25, -0.2) is 4.98 Å². The van der Waals surface area contributed by atoms with E-state index in [0.29, 0.717) is 16.2 Å². The van der Waals surface area contributed by atoms with Crippen LogP contribution in [0.5, 0.6) is 0 Å². The molecule has 2 N–H and O–H groups in total. The number of nitrogens with two attached hydrogens (primary N) is 1. The van der Waals surface area contributed by atoms with Gasteiger partial charge in [-0.2, -0.15) is 5.26 Å². The topological polar surface area (TPSA) is 98.2 Å². The van der Waals surface area contributed by atoms with Gasteiger partial charge in [0.1, 0.15) is 17.2 Å². The van der Waals surface area contributed by atoms with Crippen molar-refractivity contribution < 1.29 is 13.6 Å². The summed E-state index contributed by atoms with van der Waals surface area (Å²) in [6, 6.07) is 11.4. The van der Waals surface area contributed by atoms with E-state index in [1.807, 2.05) is 30.3 Å². The van der Waals surface area contributed by atoms with E-state index in [9.17, 15) is 9.83 Å². The lowest BCUT2D eigenvalue weighted by Crippen LogP contribution is -2.21. The molecule has 1 heterocycles. The van der Waals surface area contributed by atoms with Crippen LogP contribution in [0.4, 0.5) is 5.82 Å². The number of nitriles is 1. The molecule has 2 rings (SSSR count). The van der Waals surface area contributed by atoms with Crippen molar-refractivity contribution in [1.82, 2.24) is 4.98 Å². The average molecular weight is 377 g/mol. The standard InChI is InChI=1S/C17H20N3O3PS/c1-4-22-24(21,23-5-2)15-16(25-3)13(11-18)14(20-17(15)19)12-9-7-6-8-10-12/h6-10H,4-5H2,1-3H3,(H2,19,20). The summed E-state index contributed by atoms with van der Waals surface area (Å²) in [5, 5.41) is 9.88. The number of aromatic nitrogens is 1. The molecule has 0 amide bonds. The Morgan fingerprint density at radius 1 is 1.24 bits per heavy atom. The Hall–Kier alpha value is -1.84. The minimum Gasteiger partial charge on any atom is -0.383 e. The predicted octanol–water partition coefficient (Wildman–Crippen LogP) is 3.82. The molecule has 0 fully saturated rings. The molecule has 2 aromatic rings. The summed E-state index contributed by atoms with van der Waals surface area (Å²) in [5.74, 6) is 0.0486. The molecule has 8 heteroatoms. The molecule has 0 saturated carbocycles. The molecule has 1 aromatic carbocycles. The number of rotatable bonds is 7. The van der Waals surface area contributed by atoms with Crippen molar-refractivity contribution in [3.8, 4) is 17.3 Å². The minimum atomic E-state index is -3.67. The Bertz CT molecular complexity index is 827. The summed E-state index contributed by atoms with van der Waals surface area (Å²) in [4.78, 5) is 4.83. The second-order valence-corrected chi connectivity index (χ2v) is 7.69. The maximum absolute atomic E-state index is 13.2. The fraction of sp³-hybridized carbons (Fsp3) is 0.294. The molecule has 25 heavy (non-hydrogen) atoms. The van der Waals surface area contributed by atoms with E-state index < -0.39 is 7.60 Å². The fourth-order valence-electron chi connectivity index (χ4n) is 2.45. The largest absolute Gasteiger partial charge is 0.383 e. The average Bonchev–Trinajstić information content (AvgIpc) is 2.61. The first-order valence-electron chi connectivity index (χ1n) is 7.75. The summed E-state index contributed by atoms with van der Waals surface area (Å²) in [6.45, 7) is 3.81. The number of nitrogens with zero attached hydrogens (tertiary/aromatic N) is 2. The summed E-state index contributed by atoms with van der Waals surface area (Å²) in [6.07, 6.45) is 1.79. The third-order valence-electron chi connectivity index (χ3n) is 3.39. The molecule has 0 aliphatic heterocycles. The Balaban J connectivity index is 2.80. The van der Waals surface area contributed by atoms with Crippen molar-refractivity contribution in [3.63, 3.8) is 0 Å². The van der Waals surface area contributed by atoms with Gasteiger partial charge in [-0.15, -0.1) is 11.8 Å². The molecular formula is C17H20N3O3PS. The Labute approximate surface area is 151 Å². The van der Waals surface area contributed by atoms with Crippen molar-refractivity contribution in [2.24, 2.45) is 0 Å². The van der Waals surface area contributed by atoms with Gasteiger partial charge in [0.05, 0.1) is 24.5 Å². The molecule has 0 aliphatic rings. The molecule has 6 nitrogen and oxygen atoms in total. The SMILES string of the molecule is CCOP(=O)(OCC)c1c(N)nc(-c2ccccc2)c(C#N)c1SC. The Morgan fingerprint density at radius 3 is 2.32 bits per heavy atom. The van der Waals surface area contributed by atoms with E-state index in [4.69, 9.17) is 14.8 Å². The van der Waals surface area contributed by atoms with Crippen LogP contribution in [0.1, 0.15) is 19.4 Å². The molecule has 0 bridgehead atoms. The van der Waals surface area contributed by atoms with Crippen LogP contribution in [-0.4, -0.2) is 24.5 Å². The van der Waals surface area contributed by atoms with E-state index in [0.717, 1.165) is 5.56 Å². The number of nitrogen functional groups attached to an aromatic ring is 1. The Kier molecular flexibility index (Phi) is 6.63. The smallest absolute Gasteiger partial charge is 0.366 e. The number of thioether (sulfide) groups is 1. The quantitative estimate of drug-likeness (QED) is 0.578. The highest BCUT2D eigenvalue weighted by Gasteiger charge is 2.35. The third kappa shape index (κ3) is 3.88. The highest BCUT2D eigenvalue weighted by atomic mass is 32.2. The molecule has 0 unspecified atom stereocenters. The maximum Gasteiger partial charge on any atom is 0.366 e. The highest BCUT2D eigenvalue weighted by molar-refractivity contribution is 7.99. The van der Waals surface area contributed by atoms with E-state index in [2.05, 4.69) is 11.1 Å². The summed E-state index contributed by atoms with van der Waals surface area (Å²) in [7, 11) is -3.67. The lowest BCUT2D eigenvalue weighted by atomic mass is 10.1. The van der Waals surface area contributed by atoms with Crippen molar-refractivity contribution in [2.45, 2.75) is 18.7 Å². The Morgan fingerprint density at radius 2 is 1.84 bits per heavy atom. The number of anilines is 1. The van der Waals surface area contributed by atoms with Crippen molar-refractivity contribution in [3.05, 3.63) is 35.9 Å². The molecule has 0 saturated heterocycles. The van der Waals surface area contributed by atoms with Crippen molar-refractivity contribution in [1.29, 1.82) is 5.26 Å². The zero-order valence-corrected chi connectivity index (χ0v) is 16.1. The van der Waals surface area contributed by atoms with Gasteiger partial charge in [-0.05, 0) is 20.1 Å². The van der Waals surface area contributed by atoms with Crippen LogP contribution in [0, 0.1) is 11.3 Å². The first-order valence-corrected chi connectivity index (χ1v) is 10.5. The number of benzene rings is 1. The molecule has 0 radical (unpaired) electrons. The first kappa shape index (κ1) is 19.5. The van der Waals surface area contributed by atoms with Gasteiger partial charge in [0.25, 0.3) is 0 Å². The molecule has 0 spiro atoms. The fourth-order valence-corrected chi connectivity index (χ4v) is 5.41. The van der Waals surface area contributed by atoms with E-state index >= 15 is 0 Å². The molecular weight excluding hydrogens is 357 g/mol. The van der Waals surface area contributed by atoms with Gasteiger partial charge in [0, 0.05) is 10.5 Å². The molecule has 1 aromatic heterocycles. The predicted molar refractivity (Wildman–Crippen MR) is 101 cm³/mol. The van der Waals surface area contributed by atoms with E-state index in [1.165, 1.54) is 11.8 Å². The van der Waals surface area contributed by atoms with Gasteiger partial charge < -0.3 is 14.8 Å². The highest BCUT2D eigenvalue weighted by Crippen LogP contribution is 2.51. The van der Waals surface area contributed by atoms with Crippen LogP contribution < -0.4 is 11.0 Å². The number of hydrogen-bond donors (Lipinski definition) is 1. The maximum atomic E-state index is 13.2. The third-order valence-corrected chi connectivity index (χ3v) is 6.55. The second-order valence-electron chi connectivity index (χ2n) is 4.91. The molecule has 0 atom stereocenters. The van der Waals surface area contributed by atoms with Crippen LogP contribution in [-0.2, 0) is 13.6 Å². The number of pyridine rings is 1. The van der Waals surface area contributed by atoms with E-state index in [1.54, 1.807) is 20.1 Å². The summed E-state index contributed by atoms with van der Waals surface area (Å²) < 4.78 is 24.1. The second kappa shape index (κ2) is 8.50. The molecule has 0 aliphatic carbocycles. The molecule has 132 valence electrons. The van der Waals surface area contributed by atoms with Crippen LogP contribution in [0.25, 0.3) is 11.3 Å². The van der Waals surface area contributed by atoms with Crippen LogP contribution in [0.15, 0.2) is 35.2 Å². The lowest BCUT2D eigenvalue weighted by Gasteiger charge is -2.22. The van der Waals surface area contributed by atoms with Gasteiger partial charge in [0.2, 0.25) is 0 Å². The van der Waals surface area contributed by atoms with Crippen LogP contribution in [0.2, 0.25) is 0 Å². The van der Waals surface area contributed by atoms with Gasteiger partial charge >= 0.3 is 7.60 Å². The van der Waals surface area contributed by atoms with E-state index in [-0.39, 0.29) is 24.3 Å². The van der Waals surface area contributed by atoms with Gasteiger partial charge in [-0.1, -0.05) is 30.3 Å². The van der Waals surface area contributed by atoms with Crippen LogP contribution in [0.3, 0.4) is 0 Å². The first-order chi connectivity index (χ1) is 12.0. The minimum absolute atomic E-state index is 0.0486. The summed E-state index contributed by atoms with van der Waals surface area (Å²) in [5.41, 5.74) is 7.66. The zero-order valence-electron chi connectivity index (χ0n) is 14.4. The normalized spacial score (nSPS) is 11.3. The van der Waals surface area contributed by atoms with Crippen molar-refractivity contribution in [2.75, 3.05) is 25.2 Å². The summed E-state index contributed by atoms with van der Waals surface area (Å²) >= 11 is 1.27. The van der Waals surface area contributed by atoms with Gasteiger partial charge in [0.15, 0.2) is 0 Å². The van der Waals surface area contributed by atoms with Gasteiger partial charge in [-0.3, -0.25) is 4.57 Å². The lowest BCUT2D eigenvalue weighted by molar-refractivity contribution is 0.229. The number of hydrogen-bond acceptors (Lipinski definition) is 7. The zero-order chi connectivity index (χ0) is 18.4. The van der Waals surface area contributed by atoms with Crippen LogP contribution >= 0.6 is 19.4 Å². The monoisotopic (exact) mass is 377 g/mol.